The molecular weight excluding hydrogens is 270 g/mol. The minimum absolute atomic E-state index is 0.133. The normalized spacial score (nSPS) is 11.2. The molecule has 1 aromatic heterocycles. The summed E-state index contributed by atoms with van der Waals surface area (Å²) in [5.74, 6) is -0.294. The van der Waals surface area contributed by atoms with E-state index in [1.807, 2.05) is 0 Å². The van der Waals surface area contributed by atoms with Gasteiger partial charge in [-0.15, -0.1) is 11.3 Å². The summed E-state index contributed by atoms with van der Waals surface area (Å²) in [5.41, 5.74) is 0.330. The predicted octanol–water partition coefficient (Wildman–Crippen LogP) is 2.54. The molecule has 0 aliphatic rings. The smallest absolute Gasteiger partial charge is 0.221 e. The van der Waals surface area contributed by atoms with Crippen molar-refractivity contribution in [3.63, 3.8) is 0 Å². The molecule has 0 aliphatic heterocycles. The molecule has 1 N–H and O–H groups in total. The van der Waals surface area contributed by atoms with Gasteiger partial charge in [-0.2, -0.15) is 0 Å². The molecule has 18 heavy (non-hydrogen) atoms. The monoisotopic (exact) mass is 281 g/mol. The van der Waals surface area contributed by atoms with Gasteiger partial charge in [-0.3, -0.25) is 4.79 Å². The fourth-order valence-electron chi connectivity index (χ4n) is 1.50. The van der Waals surface area contributed by atoms with E-state index in [1.165, 1.54) is 35.8 Å². The van der Waals surface area contributed by atoms with Crippen LogP contribution in [0.25, 0.3) is 0 Å². The molecule has 1 aromatic carbocycles. The van der Waals surface area contributed by atoms with Crippen LogP contribution in [0.5, 0.6) is 0 Å². The molecule has 94 valence electrons. The van der Waals surface area contributed by atoms with Gasteiger partial charge >= 0.3 is 0 Å². The first-order valence-corrected chi connectivity index (χ1v) is 7.58. The molecule has 0 fully saturated rings. The molecule has 6 heteroatoms. The van der Waals surface area contributed by atoms with Crippen LogP contribution in [0.15, 0.2) is 50.9 Å². The quantitative estimate of drug-likeness (QED) is 0.940. The van der Waals surface area contributed by atoms with E-state index in [1.54, 1.807) is 23.6 Å². The zero-order valence-electron chi connectivity index (χ0n) is 9.58. The number of hydrogen-bond acceptors (Lipinski definition) is 4. The van der Waals surface area contributed by atoms with E-state index in [9.17, 15) is 13.2 Å². The van der Waals surface area contributed by atoms with Crippen molar-refractivity contribution in [3.8, 4) is 0 Å². The average Bonchev–Trinajstić information content (AvgIpc) is 2.78. The predicted molar refractivity (Wildman–Crippen MR) is 70.5 cm³/mol. The summed E-state index contributed by atoms with van der Waals surface area (Å²) in [5, 5.41) is 5.65. The first-order valence-electron chi connectivity index (χ1n) is 5.16. The third kappa shape index (κ3) is 2.44. The summed E-state index contributed by atoms with van der Waals surface area (Å²) in [4.78, 5) is 11.4. The van der Waals surface area contributed by atoms with E-state index in [4.69, 9.17) is 0 Å². The van der Waals surface area contributed by atoms with Crippen LogP contribution in [-0.4, -0.2) is 14.3 Å². The Morgan fingerprint density at radius 2 is 1.83 bits per heavy atom. The van der Waals surface area contributed by atoms with Crippen LogP contribution < -0.4 is 5.32 Å². The number of amides is 1. The lowest BCUT2D eigenvalue weighted by molar-refractivity contribution is -0.114. The minimum Gasteiger partial charge on any atom is -0.324 e. The topological polar surface area (TPSA) is 63.2 Å². The fourth-order valence-corrected chi connectivity index (χ4v) is 4.06. The Morgan fingerprint density at radius 3 is 2.44 bits per heavy atom. The van der Waals surface area contributed by atoms with E-state index >= 15 is 0 Å². The molecule has 1 amide bonds. The number of rotatable bonds is 3. The summed E-state index contributed by atoms with van der Waals surface area (Å²) < 4.78 is 24.7. The molecule has 0 radical (unpaired) electrons. The Morgan fingerprint density at radius 1 is 1.17 bits per heavy atom. The van der Waals surface area contributed by atoms with Gasteiger partial charge in [-0.1, -0.05) is 18.2 Å². The van der Waals surface area contributed by atoms with Crippen LogP contribution in [0.1, 0.15) is 6.92 Å². The summed E-state index contributed by atoms with van der Waals surface area (Å²) >= 11 is 1.24. The average molecular weight is 281 g/mol. The molecule has 0 spiro atoms. The van der Waals surface area contributed by atoms with Gasteiger partial charge in [0.15, 0.2) is 0 Å². The summed E-state index contributed by atoms with van der Waals surface area (Å²) in [6, 6.07) is 8.14. The maximum atomic E-state index is 12.4. The van der Waals surface area contributed by atoms with E-state index in [2.05, 4.69) is 5.32 Å². The standard InChI is InChI=1S/C12H11NO3S2/c1-9(14)13-11-7-17-8-12(11)18(15,16)10-5-3-2-4-6-10/h2-8H,1H3,(H,13,14). The molecule has 0 aliphatic carbocycles. The first-order chi connectivity index (χ1) is 8.51. The highest BCUT2D eigenvalue weighted by Crippen LogP contribution is 2.30. The summed E-state index contributed by atoms with van der Waals surface area (Å²) in [6.07, 6.45) is 0. The van der Waals surface area contributed by atoms with Gasteiger partial charge < -0.3 is 5.32 Å². The number of hydrogen-bond donors (Lipinski definition) is 1. The van der Waals surface area contributed by atoms with Gasteiger partial charge in [0.05, 0.1) is 10.6 Å². The number of anilines is 1. The van der Waals surface area contributed by atoms with Crippen molar-refractivity contribution >= 4 is 32.8 Å². The summed E-state index contributed by atoms with van der Waals surface area (Å²) in [6.45, 7) is 1.34. The summed E-state index contributed by atoms with van der Waals surface area (Å²) in [7, 11) is -3.58. The molecule has 0 bridgehead atoms. The molecule has 2 aromatic rings. The van der Waals surface area contributed by atoms with Gasteiger partial charge in [0.2, 0.25) is 15.7 Å². The van der Waals surface area contributed by atoms with Crippen molar-refractivity contribution in [1.29, 1.82) is 0 Å². The second kappa shape index (κ2) is 4.91. The third-order valence-electron chi connectivity index (χ3n) is 2.28. The fraction of sp³-hybridized carbons (Fsp3) is 0.0833. The molecule has 0 saturated carbocycles. The van der Waals surface area contributed by atoms with Crippen LogP contribution in [0.2, 0.25) is 0 Å². The number of carbonyl (C=O) groups is 1. The first kappa shape index (κ1) is 12.8. The third-order valence-corrected chi connectivity index (χ3v) is 4.98. The Hall–Kier alpha value is -1.66. The molecule has 4 nitrogen and oxygen atoms in total. The van der Waals surface area contributed by atoms with Gasteiger partial charge in [0, 0.05) is 17.7 Å². The molecule has 0 atom stereocenters. The highest BCUT2D eigenvalue weighted by Gasteiger charge is 2.22. The lowest BCUT2D eigenvalue weighted by Gasteiger charge is -2.06. The maximum Gasteiger partial charge on any atom is 0.221 e. The maximum absolute atomic E-state index is 12.4. The van der Waals surface area contributed by atoms with Crippen LogP contribution in [0.3, 0.4) is 0 Å². The molecule has 0 saturated heterocycles. The van der Waals surface area contributed by atoms with Crippen LogP contribution in [0.4, 0.5) is 5.69 Å². The van der Waals surface area contributed by atoms with Gasteiger partial charge in [0.1, 0.15) is 4.90 Å². The SMILES string of the molecule is CC(=O)Nc1cscc1S(=O)(=O)c1ccccc1. The minimum atomic E-state index is -3.58. The second-order valence-electron chi connectivity index (χ2n) is 3.65. The van der Waals surface area contributed by atoms with E-state index < -0.39 is 9.84 Å². The van der Waals surface area contributed by atoms with E-state index in [0.29, 0.717) is 5.69 Å². The molecule has 0 unspecified atom stereocenters. The second-order valence-corrected chi connectivity index (χ2v) is 6.31. The van der Waals surface area contributed by atoms with Crippen LogP contribution >= 0.6 is 11.3 Å². The Labute approximate surface area is 109 Å². The van der Waals surface area contributed by atoms with Gasteiger partial charge in [-0.25, -0.2) is 8.42 Å². The van der Waals surface area contributed by atoms with Crippen molar-refractivity contribution in [2.24, 2.45) is 0 Å². The molecule has 1 heterocycles. The lowest BCUT2D eigenvalue weighted by Crippen LogP contribution is -2.09. The van der Waals surface area contributed by atoms with Crippen molar-refractivity contribution in [2.45, 2.75) is 16.7 Å². The van der Waals surface area contributed by atoms with Gasteiger partial charge in [0.25, 0.3) is 0 Å². The Balaban J connectivity index is 2.49. The van der Waals surface area contributed by atoms with Crippen LogP contribution in [0, 0.1) is 0 Å². The van der Waals surface area contributed by atoms with Crippen LogP contribution in [-0.2, 0) is 14.6 Å². The van der Waals surface area contributed by atoms with E-state index in [-0.39, 0.29) is 15.7 Å². The number of carbonyl (C=O) groups excluding carboxylic acids is 1. The van der Waals surface area contributed by atoms with Crippen molar-refractivity contribution in [3.05, 3.63) is 41.1 Å². The Kier molecular flexibility index (Phi) is 3.49. The number of sulfone groups is 1. The number of thiophene rings is 1. The van der Waals surface area contributed by atoms with E-state index in [0.717, 1.165) is 0 Å². The van der Waals surface area contributed by atoms with Crippen molar-refractivity contribution < 1.29 is 13.2 Å². The zero-order chi connectivity index (χ0) is 13.2. The molecular formula is C12H11NO3S2. The molecule has 2 rings (SSSR count). The highest BCUT2D eigenvalue weighted by atomic mass is 32.2. The van der Waals surface area contributed by atoms with Gasteiger partial charge in [-0.05, 0) is 12.1 Å². The number of nitrogens with one attached hydrogen (secondary N) is 1. The van der Waals surface area contributed by atoms with Crippen molar-refractivity contribution in [1.82, 2.24) is 0 Å². The zero-order valence-corrected chi connectivity index (χ0v) is 11.2. The van der Waals surface area contributed by atoms with Crippen molar-refractivity contribution in [2.75, 3.05) is 5.32 Å². The largest absolute Gasteiger partial charge is 0.324 e. The lowest BCUT2D eigenvalue weighted by atomic mass is 10.4. The highest BCUT2D eigenvalue weighted by molar-refractivity contribution is 7.91. The number of benzene rings is 1. The Bertz CT molecular complexity index is 660.